The quantitative estimate of drug-likeness (QED) is 0.759. The lowest BCUT2D eigenvalue weighted by Crippen LogP contribution is -2.42. The van der Waals surface area contributed by atoms with Crippen LogP contribution in [0.1, 0.15) is 26.5 Å². The number of imidazole rings is 1. The maximum Gasteiger partial charge on any atom is 0.158 e. The van der Waals surface area contributed by atoms with Crippen LogP contribution in [-0.4, -0.2) is 39.9 Å². The number of hydrogen-bond acceptors (Lipinski definition) is 5. The molecule has 0 aliphatic heterocycles. The molecule has 1 atom stereocenters. The molecule has 0 amide bonds. The van der Waals surface area contributed by atoms with Crippen molar-refractivity contribution in [3.8, 4) is 23.2 Å². The lowest BCUT2D eigenvalue weighted by molar-refractivity contribution is 0.100. The van der Waals surface area contributed by atoms with E-state index in [1.807, 2.05) is 51.1 Å². The fourth-order valence-electron chi connectivity index (χ4n) is 1.91. The number of benzene rings is 1. The van der Waals surface area contributed by atoms with E-state index in [-0.39, 0.29) is 12.1 Å². The summed E-state index contributed by atoms with van der Waals surface area (Å²) in [7, 11) is 0. The molecule has 6 heteroatoms. The van der Waals surface area contributed by atoms with E-state index in [4.69, 9.17) is 10.00 Å². The Morgan fingerprint density at radius 1 is 1.35 bits per heavy atom. The number of hydrogen-bond donors (Lipinski definition) is 3. The maximum absolute atomic E-state index is 9.90. The summed E-state index contributed by atoms with van der Waals surface area (Å²) in [6, 6.07) is 9.32. The molecule has 122 valence electrons. The van der Waals surface area contributed by atoms with E-state index in [0.29, 0.717) is 23.8 Å². The Labute approximate surface area is 136 Å². The molecular weight excluding hydrogens is 292 g/mol. The second kappa shape index (κ2) is 7.27. The number of β-amino-alcohol motifs (C(OH)–C–C–N with tert-alkyl or cyclic N) is 1. The van der Waals surface area contributed by atoms with Crippen LogP contribution in [0.5, 0.6) is 5.75 Å². The van der Waals surface area contributed by atoms with Gasteiger partial charge < -0.3 is 20.1 Å². The van der Waals surface area contributed by atoms with Crippen LogP contribution in [0.2, 0.25) is 0 Å². The molecule has 0 radical (unpaired) electrons. The number of ether oxygens (including phenoxy) is 1. The van der Waals surface area contributed by atoms with Gasteiger partial charge in [0.25, 0.3) is 0 Å². The lowest BCUT2D eigenvalue weighted by atomic mass is 10.1. The zero-order valence-electron chi connectivity index (χ0n) is 13.6. The molecule has 0 spiro atoms. The Balaban J connectivity index is 1.87. The maximum atomic E-state index is 9.90. The van der Waals surface area contributed by atoms with Gasteiger partial charge in [0, 0.05) is 23.8 Å². The van der Waals surface area contributed by atoms with Gasteiger partial charge in [-0.2, -0.15) is 5.26 Å². The van der Waals surface area contributed by atoms with Gasteiger partial charge in [-0.05, 0) is 45.0 Å². The van der Waals surface area contributed by atoms with Gasteiger partial charge in [-0.3, -0.25) is 0 Å². The van der Waals surface area contributed by atoms with E-state index in [2.05, 4.69) is 15.3 Å². The highest BCUT2D eigenvalue weighted by Crippen LogP contribution is 2.20. The minimum atomic E-state index is -0.572. The Morgan fingerprint density at radius 3 is 2.61 bits per heavy atom. The number of H-pyrrole nitrogens is 1. The van der Waals surface area contributed by atoms with Gasteiger partial charge in [0.15, 0.2) is 5.69 Å². The molecule has 6 nitrogen and oxygen atoms in total. The molecule has 2 rings (SSSR count). The predicted octanol–water partition coefficient (Wildman–Crippen LogP) is 2.08. The summed E-state index contributed by atoms with van der Waals surface area (Å²) in [5.74, 6) is 1.32. The molecule has 1 aromatic heterocycles. The van der Waals surface area contributed by atoms with E-state index in [1.54, 1.807) is 6.20 Å². The highest BCUT2D eigenvalue weighted by Gasteiger charge is 2.12. The lowest BCUT2D eigenvalue weighted by Gasteiger charge is -2.22. The van der Waals surface area contributed by atoms with E-state index in [1.165, 1.54) is 0 Å². The number of aliphatic hydroxyl groups excluding tert-OH is 1. The summed E-state index contributed by atoms with van der Waals surface area (Å²) in [6.07, 6.45) is 0.996. The summed E-state index contributed by atoms with van der Waals surface area (Å²) in [5.41, 5.74) is 1.19. The summed E-state index contributed by atoms with van der Waals surface area (Å²) < 4.78 is 5.58. The number of aliphatic hydroxyl groups is 1. The molecule has 3 N–H and O–H groups in total. The first-order valence-corrected chi connectivity index (χ1v) is 7.49. The van der Waals surface area contributed by atoms with Gasteiger partial charge in [0.05, 0.1) is 0 Å². The van der Waals surface area contributed by atoms with Gasteiger partial charge in [0.2, 0.25) is 0 Å². The van der Waals surface area contributed by atoms with Crippen molar-refractivity contribution in [2.24, 2.45) is 0 Å². The van der Waals surface area contributed by atoms with Crippen molar-refractivity contribution in [2.45, 2.75) is 32.4 Å². The van der Waals surface area contributed by atoms with Gasteiger partial charge in [-0.1, -0.05) is 0 Å². The highest BCUT2D eigenvalue weighted by molar-refractivity contribution is 5.57. The number of aromatic nitrogens is 2. The first-order chi connectivity index (χ1) is 10.9. The molecule has 0 saturated heterocycles. The first kappa shape index (κ1) is 17.0. The standard InChI is InChI=1S/C17H22N4O2/c1-17(2,3)20-10-14(22)11-23-15-6-4-12(5-7-15)16-19-9-13(8-18)21-16/h4-7,9,14,20,22H,10-11H2,1-3H3,(H,19,21). The third-order valence-corrected chi connectivity index (χ3v) is 3.13. The summed E-state index contributed by atoms with van der Waals surface area (Å²) in [4.78, 5) is 7.10. The van der Waals surface area contributed by atoms with Crippen LogP contribution in [0.25, 0.3) is 11.4 Å². The fraction of sp³-hybridized carbons (Fsp3) is 0.412. The molecule has 23 heavy (non-hydrogen) atoms. The summed E-state index contributed by atoms with van der Waals surface area (Å²) in [6.45, 7) is 6.84. The van der Waals surface area contributed by atoms with E-state index >= 15 is 0 Å². The van der Waals surface area contributed by atoms with E-state index < -0.39 is 6.10 Å². The van der Waals surface area contributed by atoms with Crippen LogP contribution in [0, 0.1) is 11.3 Å². The van der Waals surface area contributed by atoms with Crippen molar-refractivity contribution in [3.05, 3.63) is 36.2 Å². The SMILES string of the molecule is CC(C)(C)NCC(O)COc1ccc(-c2nc(C#N)c[nH]2)cc1. The molecule has 0 bridgehead atoms. The van der Waals surface area contributed by atoms with Crippen molar-refractivity contribution in [1.82, 2.24) is 15.3 Å². The third-order valence-electron chi connectivity index (χ3n) is 3.13. The molecule has 1 aromatic carbocycles. The molecular formula is C17H22N4O2. The number of rotatable bonds is 6. The van der Waals surface area contributed by atoms with Crippen molar-refractivity contribution < 1.29 is 9.84 Å². The Hall–Kier alpha value is -2.36. The average molecular weight is 314 g/mol. The van der Waals surface area contributed by atoms with Crippen LogP contribution in [0.3, 0.4) is 0 Å². The zero-order valence-corrected chi connectivity index (χ0v) is 13.6. The van der Waals surface area contributed by atoms with E-state index in [0.717, 1.165) is 5.56 Å². The number of nitrogens with zero attached hydrogens (tertiary/aromatic N) is 2. The molecule has 0 aliphatic carbocycles. The Kier molecular flexibility index (Phi) is 5.37. The van der Waals surface area contributed by atoms with Gasteiger partial charge >= 0.3 is 0 Å². The Bertz CT molecular complexity index is 665. The molecule has 0 saturated carbocycles. The van der Waals surface area contributed by atoms with Crippen molar-refractivity contribution in [2.75, 3.05) is 13.2 Å². The zero-order chi connectivity index (χ0) is 16.9. The second-order valence-corrected chi connectivity index (χ2v) is 6.37. The van der Waals surface area contributed by atoms with Crippen LogP contribution < -0.4 is 10.1 Å². The minimum Gasteiger partial charge on any atom is -0.491 e. The first-order valence-electron chi connectivity index (χ1n) is 7.49. The number of aromatic amines is 1. The molecule has 0 aliphatic rings. The summed E-state index contributed by atoms with van der Waals surface area (Å²) >= 11 is 0. The highest BCUT2D eigenvalue weighted by atomic mass is 16.5. The van der Waals surface area contributed by atoms with Crippen LogP contribution >= 0.6 is 0 Å². The van der Waals surface area contributed by atoms with Gasteiger partial charge in [0.1, 0.15) is 30.4 Å². The minimum absolute atomic E-state index is 0.0338. The monoisotopic (exact) mass is 314 g/mol. The number of nitrogens with one attached hydrogen (secondary N) is 2. The fourth-order valence-corrected chi connectivity index (χ4v) is 1.91. The van der Waals surface area contributed by atoms with Crippen molar-refractivity contribution >= 4 is 0 Å². The van der Waals surface area contributed by atoms with Crippen LogP contribution in [0.15, 0.2) is 30.5 Å². The number of nitriles is 1. The molecule has 1 unspecified atom stereocenters. The second-order valence-electron chi connectivity index (χ2n) is 6.37. The average Bonchev–Trinajstić information content (AvgIpc) is 3.00. The van der Waals surface area contributed by atoms with Gasteiger partial charge in [-0.15, -0.1) is 0 Å². The van der Waals surface area contributed by atoms with Gasteiger partial charge in [-0.25, -0.2) is 4.98 Å². The van der Waals surface area contributed by atoms with Crippen molar-refractivity contribution in [1.29, 1.82) is 5.26 Å². The van der Waals surface area contributed by atoms with Crippen LogP contribution in [-0.2, 0) is 0 Å². The smallest absolute Gasteiger partial charge is 0.158 e. The summed E-state index contributed by atoms with van der Waals surface area (Å²) in [5, 5.41) is 21.9. The van der Waals surface area contributed by atoms with Crippen LogP contribution in [0.4, 0.5) is 0 Å². The largest absolute Gasteiger partial charge is 0.491 e. The molecule has 1 heterocycles. The predicted molar refractivity (Wildman–Crippen MR) is 88.0 cm³/mol. The van der Waals surface area contributed by atoms with Crippen molar-refractivity contribution in [3.63, 3.8) is 0 Å². The normalized spacial score (nSPS) is 12.7. The van der Waals surface area contributed by atoms with E-state index in [9.17, 15) is 5.11 Å². The molecule has 2 aromatic rings. The molecule has 0 fully saturated rings. The third kappa shape index (κ3) is 5.40. The Morgan fingerprint density at radius 2 is 2.04 bits per heavy atom. The topological polar surface area (TPSA) is 94.0 Å².